The highest BCUT2D eigenvalue weighted by Crippen LogP contribution is 2.21. The van der Waals surface area contributed by atoms with Crippen molar-refractivity contribution in [3.63, 3.8) is 0 Å². The zero-order valence-electron chi connectivity index (χ0n) is 16.9. The minimum atomic E-state index is -3.15. The van der Waals surface area contributed by atoms with Gasteiger partial charge < -0.3 is 9.64 Å². The number of pyridine rings is 1. The van der Waals surface area contributed by atoms with Gasteiger partial charge in [-0.15, -0.1) is 0 Å². The van der Waals surface area contributed by atoms with Crippen LogP contribution >= 0.6 is 0 Å². The average Bonchev–Trinajstić information content (AvgIpc) is 3.40. The number of carbonyl (C=O) groups excluding carboxylic acids is 1. The standard InChI is InChI=1S/C20H27N5O4S/c26-20(7-11-25-10-2-12-30(25,27)28)24-9-1-3-16(14-24)15-29-17-4-5-18(21-13-17)19-6-8-22-23-19/h4-6,8,13,16H,1-3,7,9-12,14-15H2,(H,22,23)/t16-/m1/s1. The van der Waals surface area contributed by atoms with Gasteiger partial charge in [-0.2, -0.15) is 5.10 Å². The van der Waals surface area contributed by atoms with E-state index in [1.807, 2.05) is 23.1 Å². The summed E-state index contributed by atoms with van der Waals surface area (Å²) >= 11 is 0. The Kier molecular flexibility index (Phi) is 6.33. The molecule has 2 aromatic heterocycles. The van der Waals surface area contributed by atoms with E-state index < -0.39 is 10.0 Å². The number of H-pyrrole nitrogens is 1. The molecule has 2 saturated heterocycles. The molecule has 1 amide bonds. The molecule has 30 heavy (non-hydrogen) atoms. The summed E-state index contributed by atoms with van der Waals surface area (Å²) < 4.78 is 31.1. The summed E-state index contributed by atoms with van der Waals surface area (Å²) in [6.45, 7) is 2.70. The number of carbonyl (C=O) groups is 1. The lowest BCUT2D eigenvalue weighted by molar-refractivity contribution is -0.133. The fraction of sp³-hybridized carbons (Fsp3) is 0.550. The topological polar surface area (TPSA) is 108 Å². The molecule has 1 N–H and O–H groups in total. The smallest absolute Gasteiger partial charge is 0.223 e. The Bertz CT molecular complexity index is 946. The lowest BCUT2D eigenvalue weighted by Gasteiger charge is -2.33. The van der Waals surface area contributed by atoms with Crippen LogP contribution in [-0.4, -0.2) is 77.3 Å². The van der Waals surface area contributed by atoms with Gasteiger partial charge >= 0.3 is 0 Å². The monoisotopic (exact) mass is 433 g/mol. The van der Waals surface area contributed by atoms with Gasteiger partial charge in [0.2, 0.25) is 15.9 Å². The molecule has 10 heteroatoms. The second kappa shape index (κ2) is 9.13. The van der Waals surface area contributed by atoms with Gasteiger partial charge in [0, 0.05) is 44.7 Å². The first kappa shape index (κ1) is 20.8. The van der Waals surface area contributed by atoms with Crippen molar-refractivity contribution in [2.45, 2.75) is 25.7 Å². The van der Waals surface area contributed by atoms with E-state index in [0.29, 0.717) is 31.9 Å². The van der Waals surface area contributed by atoms with Gasteiger partial charge in [-0.1, -0.05) is 0 Å². The number of likely N-dealkylation sites (tertiary alicyclic amines) is 1. The third kappa shape index (κ3) is 4.99. The summed E-state index contributed by atoms with van der Waals surface area (Å²) in [5.41, 5.74) is 1.65. The summed E-state index contributed by atoms with van der Waals surface area (Å²) in [5.74, 6) is 1.17. The summed E-state index contributed by atoms with van der Waals surface area (Å²) in [7, 11) is -3.15. The Morgan fingerprint density at radius 1 is 1.23 bits per heavy atom. The molecule has 0 radical (unpaired) electrons. The van der Waals surface area contributed by atoms with E-state index in [1.54, 1.807) is 12.4 Å². The molecular weight excluding hydrogens is 406 g/mol. The van der Waals surface area contributed by atoms with Crippen molar-refractivity contribution in [2.24, 2.45) is 5.92 Å². The molecule has 0 aromatic carbocycles. The summed E-state index contributed by atoms with van der Waals surface area (Å²) in [4.78, 5) is 18.8. The highest BCUT2D eigenvalue weighted by Gasteiger charge is 2.30. The minimum absolute atomic E-state index is 0.0207. The van der Waals surface area contributed by atoms with E-state index in [-0.39, 0.29) is 30.5 Å². The molecule has 4 rings (SSSR count). The van der Waals surface area contributed by atoms with Crippen LogP contribution in [0.5, 0.6) is 5.75 Å². The number of aromatic amines is 1. The molecule has 0 bridgehead atoms. The second-order valence-electron chi connectivity index (χ2n) is 7.83. The molecule has 0 aliphatic carbocycles. The highest BCUT2D eigenvalue weighted by atomic mass is 32.2. The van der Waals surface area contributed by atoms with Crippen LogP contribution in [0.4, 0.5) is 0 Å². The zero-order valence-corrected chi connectivity index (χ0v) is 17.7. The summed E-state index contributed by atoms with van der Waals surface area (Å²) in [6, 6.07) is 5.62. The van der Waals surface area contributed by atoms with Crippen LogP contribution in [0.1, 0.15) is 25.7 Å². The molecule has 1 atom stereocenters. The molecule has 0 spiro atoms. The Morgan fingerprint density at radius 2 is 2.13 bits per heavy atom. The molecular formula is C20H27N5O4S. The van der Waals surface area contributed by atoms with Crippen LogP contribution in [0.15, 0.2) is 30.6 Å². The van der Waals surface area contributed by atoms with Crippen LogP contribution in [-0.2, 0) is 14.8 Å². The zero-order chi connectivity index (χ0) is 21.0. The molecule has 2 fully saturated rings. The Hall–Kier alpha value is -2.46. The third-order valence-electron chi connectivity index (χ3n) is 5.65. The Labute approximate surface area is 176 Å². The van der Waals surface area contributed by atoms with E-state index in [9.17, 15) is 13.2 Å². The first-order valence-corrected chi connectivity index (χ1v) is 12.0. The number of piperidine rings is 1. The largest absolute Gasteiger partial charge is 0.492 e. The van der Waals surface area contributed by atoms with Gasteiger partial charge in [0.05, 0.1) is 29.9 Å². The molecule has 4 heterocycles. The number of nitrogens with one attached hydrogen (secondary N) is 1. The van der Waals surface area contributed by atoms with Crippen molar-refractivity contribution in [3.8, 4) is 17.1 Å². The molecule has 2 aromatic rings. The van der Waals surface area contributed by atoms with Gasteiger partial charge in [-0.25, -0.2) is 12.7 Å². The average molecular weight is 434 g/mol. The van der Waals surface area contributed by atoms with Crippen molar-refractivity contribution < 1.29 is 17.9 Å². The van der Waals surface area contributed by atoms with E-state index in [1.165, 1.54) is 4.31 Å². The van der Waals surface area contributed by atoms with Gasteiger partial charge in [-0.05, 0) is 37.5 Å². The molecule has 0 saturated carbocycles. The third-order valence-corrected chi connectivity index (χ3v) is 7.61. The SMILES string of the molecule is O=C(CCN1CCCS1(=O)=O)N1CCC[C@@H](COc2ccc(-c3ccn[nH]3)nc2)C1. The predicted molar refractivity (Wildman–Crippen MR) is 111 cm³/mol. The van der Waals surface area contributed by atoms with Gasteiger partial charge in [-0.3, -0.25) is 14.9 Å². The lowest BCUT2D eigenvalue weighted by atomic mass is 9.98. The minimum Gasteiger partial charge on any atom is -0.492 e. The van der Waals surface area contributed by atoms with E-state index in [2.05, 4.69) is 15.2 Å². The number of hydrogen-bond donors (Lipinski definition) is 1. The molecule has 162 valence electrons. The van der Waals surface area contributed by atoms with Crippen LogP contribution < -0.4 is 4.74 Å². The van der Waals surface area contributed by atoms with E-state index in [4.69, 9.17) is 4.74 Å². The van der Waals surface area contributed by atoms with Crippen molar-refractivity contribution in [3.05, 3.63) is 30.6 Å². The maximum Gasteiger partial charge on any atom is 0.223 e. The number of aromatic nitrogens is 3. The van der Waals surface area contributed by atoms with Crippen LogP contribution in [0.25, 0.3) is 11.4 Å². The van der Waals surface area contributed by atoms with Crippen LogP contribution in [0, 0.1) is 5.92 Å². The van der Waals surface area contributed by atoms with Crippen LogP contribution in [0.2, 0.25) is 0 Å². The van der Waals surface area contributed by atoms with Crippen molar-refractivity contribution in [1.82, 2.24) is 24.4 Å². The second-order valence-corrected chi connectivity index (χ2v) is 9.92. The van der Waals surface area contributed by atoms with Gasteiger partial charge in [0.1, 0.15) is 5.75 Å². The van der Waals surface area contributed by atoms with Gasteiger partial charge in [0.15, 0.2) is 0 Å². The van der Waals surface area contributed by atoms with E-state index in [0.717, 1.165) is 30.8 Å². The van der Waals surface area contributed by atoms with Gasteiger partial charge in [0.25, 0.3) is 0 Å². The summed E-state index contributed by atoms with van der Waals surface area (Å²) in [6.07, 6.45) is 6.20. The highest BCUT2D eigenvalue weighted by molar-refractivity contribution is 7.89. The van der Waals surface area contributed by atoms with E-state index >= 15 is 0 Å². The first-order valence-electron chi connectivity index (χ1n) is 10.4. The fourth-order valence-corrected chi connectivity index (χ4v) is 5.51. The Balaban J connectivity index is 1.24. The normalized spacial score (nSPS) is 21.6. The maximum atomic E-state index is 12.6. The number of ether oxygens (including phenoxy) is 1. The number of rotatable bonds is 7. The molecule has 2 aliphatic heterocycles. The molecule has 0 unspecified atom stereocenters. The van der Waals surface area contributed by atoms with Crippen molar-refractivity contribution in [1.29, 1.82) is 0 Å². The number of amides is 1. The number of sulfonamides is 1. The fourth-order valence-electron chi connectivity index (χ4n) is 3.99. The lowest BCUT2D eigenvalue weighted by Crippen LogP contribution is -2.42. The summed E-state index contributed by atoms with van der Waals surface area (Å²) in [5, 5.41) is 6.80. The molecule has 2 aliphatic rings. The predicted octanol–water partition coefficient (Wildman–Crippen LogP) is 1.51. The van der Waals surface area contributed by atoms with Crippen LogP contribution in [0.3, 0.4) is 0 Å². The number of nitrogens with zero attached hydrogens (tertiary/aromatic N) is 4. The first-order chi connectivity index (χ1) is 14.5. The maximum absolute atomic E-state index is 12.6. The Morgan fingerprint density at radius 3 is 2.83 bits per heavy atom. The van der Waals surface area contributed by atoms with Crippen molar-refractivity contribution >= 4 is 15.9 Å². The quantitative estimate of drug-likeness (QED) is 0.709. The number of hydrogen-bond acceptors (Lipinski definition) is 6. The molecule has 9 nitrogen and oxygen atoms in total. The van der Waals surface area contributed by atoms with Crippen molar-refractivity contribution in [2.75, 3.05) is 38.5 Å².